The van der Waals surface area contributed by atoms with Crippen LogP contribution in [-0.4, -0.2) is 28.2 Å². The molecule has 2 aromatic rings. The number of carbonyl (C=O) groups excluding carboxylic acids is 1. The van der Waals surface area contributed by atoms with Gasteiger partial charge in [0.25, 0.3) is 11.5 Å². The first-order valence-electron chi connectivity index (χ1n) is 5.77. The van der Waals surface area contributed by atoms with Crippen molar-refractivity contribution in [2.24, 2.45) is 0 Å². The molecule has 0 aliphatic heterocycles. The Morgan fingerprint density at radius 3 is 2.71 bits per heavy atom. The fraction of sp³-hybridized carbons (Fsp3) is 0.167. The fourth-order valence-corrected chi connectivity index (χ4v) is 1.77. The summed E-state index contributed by atoms with van der Waals surface area (Å²) in [6.45, 7) is 1.75. The monoisotopic (exact) mass is 310 g/mol. The lowest BCUT2D eigenvalue weighted by molar-refractivity contribution is 0.101. The molecule has 1 amide bonds. The van der Waals surface area contributed by atoms with E-state index in [-0.39, 0.29) is 0 Å². The summed E-state index contributed by atoms with van der Waals surface area (Å²) < 4.78 is 5.10. The molecule has 1 aromatic carbocycles. The van der Waals surface area contributed by atoms with Crippen LogP contribution >= 0.6 is 11.6 Å². The number of hydrogen-bond donors (Lipinski definition) is 3. The average Bonchev–Trinajstić information content (AvgIpc) is 2.42. The topological polar surface area (TPSA) is 117 Å². The van der Waals surface area contributed by atoms with Crippen molar-refractivity contribution in [1.29, 1.82) is 0 Å². The average molecular weight is 311 g/mol. The van der Waals surface area contributed by atoms with Gasteiger partial charge in [-0.15, -0.1) is 0 Å². The number of halogens is 1. The Morgan fingerprint density at radius 2 is 2.10 bits per heavy atom. The van der Waals surface area contributed by atoms with Gasteiger partial charge in [-0.1, -0.05) is 11.6 Å². The van der Waals surface area contributed by atoms with Gasteiger partial charge in [0.05, 0.1) is 12.8 Å². The van der Waals surface area contributed by atoms with Crippen molar-refractivity contribution in [3.8, 4) is 5.75 Å². The van der Waals surface area contributed by atoms with Crippen molar-refractivity contribution in [2.75, 3.05) is 12.4 Å². The predicted octanol–water partition coefficient (Wildman–Crippen LogP) is 0.681. The molecule has 3 N–H and O–H groups in total. The highest BCUT2D eigenvalue weighted by atomic mass is 35.5. The molecular weight excluding hydrogens is 300 g/mol. The molecule has 0 saturated carbocycles. The van der Waals surface area contributed by atoms with E-state index in [2.05, 4.69) is 10.4 Å². The first kappa shape index (κ1) is 14.8. The van der Waals surface area contributed by atoms with Crippen molar-refractivity contribution in [3.05, 3.63) is 49.3 Å². The van der Waals surface area contributed by atoms with Crippen LogP contribution in [0.1, 0.15) is 16.1 Å². The number of methoxy groups -OCH3 is 1. The molecule has 1 aromatic heterocycles. The SMILES string of the molecule is COc1cc(Cl)c(C)cc1NC(=O)c1n[nH]c(=O)[nH]c1=O. The Kier molecular flexibility index (Phi) is 4.08. The van der Waals surface area contributed by atoms with Crippen LogP contribution in [-0.2, 0) is 0 Å². The molecule has 0 radical (unpaired) electrons. The van der Waals surface area contributed by atoms with E-state index in [9.17, 15) is 14.4 Å². The molecule has 0 atom stereocenters. The number of hydrogen-bond acceptors (Lipinski definition) is 5. The number of benzene rings is 1. The Morgan fingerprint density at radius 1 is 1.38 bits per heavy atom. The van der Waals surface area contributed by atoms with Crippen molar-refractivity contribution < 1.29 is 9.53 Å². The molecule has 0 saturated heterocycles. The zero-order valence-corrected chi connectivity index (χ0v) is 11.9. The normalized spacial score (nSPS) is 10.2. The summed E-state index contributed by atoms with van der Waals surface area (Å²) in [6.07, 6.45) is 0. The van der Waals surface area contributed by atoms with E-state index in [0.717, 1.165) is 5.56 Å². The van der Waals surface area contributed by atoms with E-state index in [0.29, 0.717) is 16.5 Å². The first-order valence-corrected chi connectivity index (χ1v) is 6.14. The second-order valence-electron chi connectivity index (χ2n) is 4.11. The maximum Gasteiger partial charge on any atom is 0.342 e. The number of nitrogens with one attached hydrogen (secondary N) is 3. The van der Waals surface area contributed by atoms with Gasteiger partial charge >= 0.3 is 5.69 Å². The zero-order chi connectivity index (χ0) is 15.6. The number of ether oxygens (including phenoxy) is 1. The summed E-state index contributed by atoms with van der Waals surface area (Å²) in [5.41, 5.74) is -1.10. The summed E-state index contributed by atoms with van der Waals surface area (Å²) in [5.74, 6) is -0.452. The van der Waals surface area contributed by atoms with Gasteiger partial charge < -0.3 is 10.1 Å². The highest BCUT2D eigenvalue weighted by molar-refractivity contribution is 6.31. The number of H-pyrrole nitrogens is 2. The van der Waals surface area contributed by atoms with Crippen LogP contribution < -0.4 is 21.3 Å². The third kappa shape index (κ3) is 3.11. The fourth-order valence-electron chi connectivity index (χ4n) is 1.61. The van der Waals surface area contributed by atoms with Gasteiger partial charge in [-0.25, -0.2) is 9.89 Å². The second kappa shape index (κ2) is 5.80. The molecule has 1 heterocycles. The minimum atomic E-state index is -0.888. The first-order chi connectivity index (χ1) is 9.92. The molecule has 2 rings (SSSR count). The van der Waals surface area contributed by atoms with Crippen LogP contribution in [0.3, 0.4) is 0 Å². The number of nitrogens with zero attached hydrogens (tertiary/aromatic N) is 1. The quantitative estimate of drug-likeness (QED) is 0.770. The number of rotatable bonds is 3. The smallest absolute Gasteiger partial charge is 0.342 e. The molecule has 110 valence electrons. The lowest BCUT2D eigenvalue weighted by Crippen LogP contribution is -2.32. The number of anilines is 1. The summed E-state index contributed by atoms with van der Waals surface area (Å²) in [6, 6.07) is 3.13. The van der Waals surface area contributed by atoms with Crippen molar-refractivity contribution >= 4 is 23.2 Å². The van der Waals surface area contributed by atoms with Crippen molar-refractivity contribution in [3.63, 3.8) is 0 Å². The maximum absolute atomic E-state index is 12.0. The lowest BCUT2D eigenvalue weighted by atomic mass is 10.2. The molecule has 0 unspecified atom stereocenters. The molecule has 0 aliphatic carbocycles. The number of amides is 1. The van der Waals surface area contributed by atoms with E-state index in [4.69, 9.17) is 16.3 Å². The summed E-state index contributed by atoms with van der Waals surface area (Å²) >= 11 is 5.96. The summed E-state index contributed by atoms with van der Waals surface area (Å²) in [7, 11) is 1.42. The Labute approximate surface area is 123 Å². The van der Waals surface area contributed by atoms with Gasteiger partial charge in [0.15, 0.2) is 0 Å². The van der Waals surface area contributed by atoms with Crippen LogP contribution in [0.2, 0.25) is 5.02 Å². The van der Waals surface area contributed by atoms with E-state index in [1.807, 2.05) is 10.1 Å². The van der Waals surface area contributed by atoms with Gasteiger partial charge in [-0.2, -0.15) is 5.10 Å². The van der Waals surface area contributed by atoms with Gasteiger partial charge in [-0.05, 0) is 18.6 Å². The second-order valence-corrected chi connectivity index (χ2v) is 4.52. The van der Waals surface area contributed by atoms with Gasteiger partial charge in [0, 0.05) is 11.1 Å². The molecule has 8 nitrogen and oxygen atoms in total. The zero-order valence-electron chi connectivity index (χ0n) is 11.1. The number of aromatic nitrogens is 3. The van der Waals surface area contributed by atoms with E-state index in [1.54, 1.807) is 13.0 Å². The lowest BCUT2D eigenvalue weighted by Gasteiger charge is -2.11. The largest absolute Gasteiger partial charge is 0.495 e. The van der Waals surface area contributed by atoms with Crippen molar-refractivity contribution in [1.82, 2.24) is 15.2 Å². The van der Waals surface area contributed by atoms with E-state index < -0.39 is 22.9 Å². The number of aryl methyl sites for hydroxylation is 1. The molecule has 21 heavy (non-hydrogen) atoms. The number of carbonyl (C=O) groups is 1. The molecule has 0 bridgehead atoms. The van der Waals surface area contributed by atoms with Crippen LogP contribution in [0.5, 0.6) is 5.75 Å². The minimum Gasteiger partial charge on any atom is -0.495 e. The molecular formula is C12H11ClN4O4. The van der Waals surface area contributed by atoms with Gasteiger partial charge in [-0.3, -0.25) is 14.6 Å². The van der Waals surface area contributed by atoms with E-state index in [1.165, 1.54) is 13.2 Å². The van der Waals surface area contributed by atoms with Gasteiger partial charge in [0.2, 0.25) is 5.69 Å². The molecule has 0 aliphatic rings. The van der Waals surface area contributed by atoms with Crippen LogP contribution in [0.4, 0.5) is 5.69 Å². The van der Waals surface area contributed by atoms with Crippen molar-refractivity contribution in [2.45, 2.75) is 6.92 Å². The van der Waals surface area contributed by atoms with Crippen LogP contribution in [0.25, 0.3) is 0 Å². The third-order valence-corrected chi connectivity index (χ3v) is 3.06. The maximum atomic E-state index is 12.0. The van der Waals surface area contributed by atoms with E-state index >= 15 is 0 Å². The minimum absolute atomic E-state index is 0.330. The third-order valence-electron chi connectivity index (χ3n) is 2.66. The standard InChI is InChI=1S/C12H11ClN4O4/c1-5-3-7(8(21-2)4-6(5)13)14-10(18)9-11(19)15-12(20)17-16-9/h3-4H,1-2H3,(H,14,18)(H2,15,17,19,20). The Bertz CT molecular complexity index is 812. The highest BCUT2D eigenvalue weighted by Crippen LogP contribution is 2.30. The molecule has 9 heteroatoms. The van der Waals surface area contributed by atoms with Crippen LogP contribution in [0.15, 0.2) is 21.7 Å². The Balaban J connectivity index is 2.38. The van der Waals surface area contributed by atoms with Gasteiger partial charge in [0.1, 0.15) is 5.75 Å². The molecule has 0 fully saturated rings. The van der Waals surface area contributed by atoms with Crippen LogP contribution in [0, 0.1) is 6.92 Å². The molecule has 0 spiro atoms. The summed E-state index contributed by atoms with van der Waals surface area (Å²) in [5, 5.41) is 8.35. The Hall–Kier alpha value is -2.61. The summed E-state index contributed by atoms with van der Waals surface area (Å²) in [4.78, 5) is 36.3. The number of aromatic amines is 2. The predicted molar refractivity (Wildman–Crippen MR) is 76.2 cm³/mol. The highest BCUT2D eigenvalue weighted by Gasteiger charge is 2.16.